The number of imide groups is 2. The van der Waals surface area contributed by atoms with Crippen molar-refractivity contribution in [3.8, 4) is 17.2 Å². The van der Waals surface area contributed by atoms with Crippen LogP contribution < -0.4 is 14.9 Å². The fourth-order valence-corrected chi connectivity index (χ4v) is 9.19. The first-order valence-corrected chi connectivity index (χ1v) is 17.6. The van der Waals surface area contributed by atoms with Crippen LogP contribution in [0.5, 0.6) is 17.2 Å². The molecule has 6 atom stereocenters. The average Bonchev–Trinajstić information content (AvgIpc) is 3.48. The van der Waals surface area contributed by atoms with Crippen LogP contribution in [0.1, 0.15) is 50.2 Å². The second-order valence-corrected chi connectivity index (χ2v) is 14.0. The summed E-state index contributed by atoms with van der Waals surface area (Å²) in [6.45, 7) is 4.31. The molecule has 0 aromatic heterocycles. The van der Waals surface area contributed by atoms with Gasteiger partial charge in [0.2, 0.25) is 11.8 Å². The van der Waals surface area contributed by atoms with E-state index in [1.165, 1.54) is 18.1 Å². The van der Waals surface area contributed by atoms with Gasteiger partial charge in [-0.1, -0.05) is 66.0 Å². The number of benzene rings is 3. The van der Waals surface area contributed by atoms with E-state index in [0.29, 0.717) is 40.6 Å². The monoisotopic (exact) mass is 717 g/mol. The van der Waals surface area contributed by atoms with Gasteiger partial charge in [-0.3, -0.25) is 29.5 Å². The van der Waals surface area contributed by atoms with Gasteiger partial charge in [-0.05, 0) is 74.1 Å². The molecule has 2 N–H and O–H groups in total. The lowest BCUT2D eigenvalue weighted by Crippen LogP contribution is -2.53. The second kappa shape index (κ2) is 13.0. The van der Waals surface area contributed by atoms with Gasteiger partial charge < -0.3 is 14.6 Å². The number of carbonyl (C=O) groups is 4. The number of hydrogen-bond acceptors (Lipinski definition) is 8. The number of aromatic hydroxyl groups is 1. The normalized spacial score (nSPS) is 27.1. The van der Waals surface area contributed by atoms with Gasteiger partial charge >= 0.3 is 0 Å². The van der Waals surface area contributed by atoms with Crippen molar-refractivity contribution < 1.29 is 33.8 Å². The molecule has 0 unspecified atom stereocenters. The van der Waals surface area contributed by atoms with Crippen LogP contribution in [0.15, 0.2) is 72.3 Å². The number of nitrogens with zero attached hydrogens (tertiary/aromatic N) is 2. The van der Waals surface area contributed by atoms with Crippen LogP contribution in [0.2, 0.25) is 10.0 Å². The van der Waals surface area contributed by atoms with E-state index in [-0.39, 0.29) is 47.8 Å². The van der Waals surface area contributed by atoms with Crippen molar-refractivity contribution in [2.24, 2.45) is 23.7 Å². The van der Waals surface area contributed by atoms with Crippen molar-refractivity contribution >= 4 is 52.5 Å². The van der Waals surface area contributed by atoms with Crippen LogP contribution in [-0.4, -0.2) is 58.9 Å². The van der Waals surface area contributed by atoms with Crippen molar-refractivity contribution in [2.75, 3.05) is 25.7 Å². The number of para-hydroxylation sites is 1. The Balaban J connectivity index is 1.48. The first-order chi connectivity index (χ1) is 24.1. The van der Waals surface area contributed by atoms with Crippen molar-refractivity contribution in [2.45, 2.75) is 44.4 Å². The van der Waals surface area contributed by atoms with E-state index in [1.54, 1.807) is 61.5 Å². The number of rotatable bonds is 9. The van der Waals surface area contributed by atoms with Crippen LogP contribution in [-0.2, 0) is 24.6 Å². The maximum absolute atomic E-state index is 15.3. The number of methoxy groups -OCH3 is 1. The highest BCUT2D eigenvalue weighted by Crippen LogP contribution is 2.65. The van der Waals surface area contributed by atoms with Crippen molar-refractivity contribution in [1.29, 1.82) is 0 Å². The van der Waals surface area contributed by atoms with E-state index < -0.39 is 46.8 Å². The Morgan fingerprint density at radius 1 is 0.960 bits per heavy atom. The van der Waals surface area contributed by atoms with Crippen LogP contribution in [0.3, 0.4) is 0 Å². The fraction of sp³-hybridized carbons (Fsp3) is 0.368. The minimum Gasteiger partial charge on any atom is -0.504 e. The molecule has 0 bridgehead atoms. The smallest absolute Gasteiger partial charge is 0.260 e. The average molecular weight is 719 g/mol. The molecule has 2 heterocycles. The fourth-order valence-electron chi connectivity index (χ4n) is 8.74. The van der Waals surface area contributed by atoms with Crippen LogP contribution in [0, 0.1) is 23.7 Å². The summed E-state index contributed by atoms with van der Waals surface area (Å²) < 4.78 is 11.3. The quantitative estimate of drug-likeness (QED) is 0.190. The number of allylic oxidation sites excluding steroid dienone is 2. The van der Waals surface area contributed by atoms with E-state index in [1.807, 2.05) is 13.0 Å². The predicted octanol–water partition coefficient (Wildman–Crippen LogP) is 6.50. The number of likely N-dealkylation sites (tertiary alicyclic amines) is 1. The van der Waals surface area contributed by atoms with E-state index in [9.17, 15) is 19.5 Å². The molecule has 4 aliphatic rings. The van der Waals surface area contributed by atoms with E-state index in [0.717, 1.165) is 10.6 Å². The molecule has 2 saturated heterocycles. The van der Waals surface area contributed by atoms with Gasteiger partial charge in [0.25, 0.3) is 11.8 Å². The first-order valence-electron chi connectivity index (χ1n) is 16.8. The maximum Gasteiger partial charge on any atom is 0.260 e. The number of phenolic OH excluding ortho intramolecular Hbond substituents is 1. The van der Waals surface area contributed by atoms with E-state index >= 15 is 4.79 Å². The Hall–Kier alpha value is -4.54. The minimum absolute atomic E-state index is 0.123. The molecule has 3 aromatic carbocycles. The number of hydrogen-bond donors (Lipinski definition) is 2. The van der Waals surface area contributed by atoms with Crippen LogP contribution in [0.4, 0.5) is 5.69 Å². The van der Waals surface area contributed by atoms with Gasteiger partial charge in [-0.25, -0.2) is 0 Å². The summed E-state index contributed by atoms with van der Waals surface area (Å²) in [5, 5.41) is 13.5. The topological polar surface area (TPSA) is 125 Å². The molecule has 7 rings (SSSR count). The Morgan fingerprint density at radius 2 is 1.72 bits per heavy atom. The number of anilines is 1. The summed E-state index contributed by atoms with van der Waals surface area (Å²) in [4.78, 5) is 59.2. The van der Waals surface area contributed by atoms with Gasteiger partial charge in [-0.2, -0.15) is 5.01 Å². The van der Waals surface area contributed by atoms with Crippen molar-refractivity contribution in [1.82, 2.24) is 9.91 Å². The first kappa shape index (κ1) is 33.9. The molecule has 10 nitrogen and oxygen atoms in total. The summed E-state index contributed by atoms with van der Waals surface area (Å²) in [5.74, 6) is -4.71. The van der Waals surface area contributed by atoms with E-state index in [2.05, 4.69) is 5.43 Å². The molecule has 3 aromatic rings. The molecule has 0 spiro atoms. The van der Waals surface area contributed by atoms with Crippen LogP contribution >= 0.6 is 23.2 Å². The molecule has 4 amide bonds. The third-order valence-electron chi connectivity index (χ3n) is 10.8. The lowest BCUT2D eigenvalue weighted by Gasteiger charge is -2.50. The molecule has 0 radical (unpaired) electrons. The summed E-state index contributed by atoms with van der Waals surface area (Å²) >= 11 is 12.7. The highest BCUT2D eigenvalue weighted by Gasteiger charge is 2.70. The number of halogens is 2. The third-order valence-corrected chi connectivity index (χ3v) is 11.3. The zero-order valence-electron chi connectivity index (χ0n) is 27.8. The molecule has 2 aliphatic carbocycles. The summed E-state index contributed by atoms with van der Waals surface area (Å²) in [5.41, 5.74) is 3.31. The third kappa shape index (κ3) is 4.98. The second-order valence-electron chi connectivity index (χ2n) is 13.2. The van der Waals surface area contributed by atoms with Gasteiger partial charge in [0, 0.05) is 23.0 Å². The molecule has 12 heteroatoms. The Labute approximate surface area is 299 Å². The Kier molecular flexibility index (Phi) is 8.80. The summed E-state index contributed by atoms with van der Waals surface area (Å²) in [6.07, 6.45) is 2.98. The standard InChI is InChI=1S/C38H37Cl2N3O7/c1-4-17-42-34(45)24-15-14-23-26(31(24)36(42)47)19-27-35(46)43(41-29-16-11-21(39)18-28(29)40)37(48)38(27,20-9-12-22(49-3)13-10-20)32(23)25-7-6-8-30(33(25)44)50-5-2/h6-14,16,18,24,26-27,31-32,41,44H,4-5,15,17,19H2,1-3H3/t24-,26+,27-,31-,32+,38+/m0/s1. The molecule has 50 heavy (non-hydrogen) atoms. The minimum atomic E-state index is -1.60. The number of phenols is 1. The zero-order valence-corrected chi connectivity index (χ0v) is 29.3. The number of ether oxygens (including phenoxy) is 2. The molecular weight excluding hydrogens is 681 g/mol. The number of fused-ring (bicyclic) bond motifs is 4. The molecule has 260 valence electrons. The molecular formula is C38H37Cl2N3O7. The lowest BCUT2D eigenvalue weighted by molar-refractivity contribution is -0.141. The number of amides is 4. The van der Waals surface area contributed by atoms with Crippen molar-refractivity contribution in [3.05, 3.63) is 93.5 Å². The highest BCUT2D eigenvalue weighted by molar-refractivity contribution is 6.36. The summed E-state index contributed by atoms with van der Waals surface area (Å²) in [7, 11) is 1.54. The SMILES string of the molecule is CCCN1C(=O)[C@H]2[C@H](CC=C3[C@H]2C[C@H]2C(=O)N(Nc4ccc(Cl)cc4Cl)C(=O)[C@@]2(c2ccc(OC)cc2)[C@H]3c2cccc(OCC)c2O)C1=O. The lowest BCUT2D eigenvalue weighted by atomic mass is 9.49. The Morgan fingerprint density at radius 3 is 2.40 bits per heavy atom. The maximum atomic E-state index is 15.3. The van der Waals surface area contributed by atoms with Crippen molar-refractivity contribution in [3.63, 3.8) is 0 Å². The van der Waals surface area contributed by atoms with Gasteiger partial charge in [-0.15, -0.1) is 0 Å². The van der Waals surface area contributed by atoms with Gasteiger partial charge in [0.1, 0.15) is 5.75 Å². The highest BCUT2D eigenvalue weighted by atomic mass is 35.5. The summed E-state index contributed by atoms with van der Waals surface area (Å²) in [6, 6.07) is 16.8. The Bertz CT molecular complexity index is 1930. The zero-order chi connectivity index (χ0) is 35.5. The number of nitrogens with one attached hydrogen (secondary N) is 1. The van der Waals surface area contributed by atoms with E-state index in [4.69, 9.17) is 32.7 Å². The van der Waals surface area contributed by atoms with Gasteiger partial charge in [0.05, 0.1) is 47.6 Å². The predicted molar refractivity (Wildman–Crippen MR) is 187 cm³/mol. The molecule has 2 aliphatic heterocycles. The number of carbonyl (C=O) groups excluding carboxylic acids is 4. The van der Waals surface area contributed by atoms with Gasteiger partial charge in [0.15, 0.2) is 11.5 Å². The molecule has 1 saturated carbocycles. The number of hydrazine groups is 1. The van der Waals surface area contributed by atoms with Crippen LogP contribution in [0.25, 0.3) is 0 Å². The largest absolute Gasteiger partial charge is 0.504 e. The molecule has 3 fully saturated rings.